The van der Waals surface area contributed by atoms with Gasteiger partial charge in [0.1, 0.15) is 11.6 Å². The fourth-order valence-corrected chi connectivity index (χ4v) is 1.90. The largest absolute Gasteiger partial charge is 0.298 e. The molecule has 16 heavy (non-hydrogen) atoms. The zero-order valence-corrected chi connectivity index (χ0v) is 10.7. The molecule has 0 spiro atoms. The standard InChI is InChI=1S/C13H17FOS/c1-13(2,3)16-9-11(15)8-10-6-4-5-7-12(10)14/h4-7H,8-9H2,1-3H3. The van der Waals surface area contributed by atoms with Crippen LogP contribution >= 0.6 is 11.8 Å². The molecule has 0 heterocycles. The summed E-state index contributed by atoms with van der Waals surface area (Å²) in [5.41, 5.74) is 0.488. The minimum atomic E-state index is -0.295. The second kappa shape index (κ2) is 5.48. The summed E-state index contributed by atoms with van der Waals surface area (Å²) >= 11 is 1.59. The third-order valence-corrected chi connectivity index (χ3v) is 3.34. The Labute approximate surface area is 100 Å². The first-order valence-electron chi connectivity index (χ1n) is 5.27. The Bertz CT molecular complexity index is 368. The molecule has 3 heteroatoms. The van der Waals surface area contributed by atoms with Crippen molar-refractivity contribution in [2.45, 2.75) is 31.9 Å². The van der Waals surface area contributed by atoms with Crippen LogP contribution in [0, 0.1) is 5.82 Å². The highest BCUT2D eigenvalue weighted by Gasteiger charge is 2.14. The maximum atomic E-state index is 13.3. The van der Waals surface area contributed by atoms with Crippen LogP contribution in [0.25, 0.3) is 0 Å². The van der Waals surface area contributed by atoms with E-state index in [9.17, 15) is 9.18 Å². The summed E-state index contributed by atoms with van der Waals surface area (Å²) in [6, 6.07) is 6.43. The van der Waals surface area contributed by atoms with Crippen LogP contribution in [-0.2, 0) is 11.2 Å². The molecule has 0 saturated carbocycles. The molecule has 0 radical (unpaired) electrons. The predicted octanol–water partition coefficient (Wildman–Crippen LogP) is 3.47. The number of carbonyl (C=O) groups is 1. The molecule has 0 unspecified atom stereocenters. The third-order valence-electron chi connectivity index (χ3n) is 2.01. The molecular formula is C13H17FOS. The number of thioether (sulfide) groups is 1. The average molecular weight is 240 g/mol. The van der Waals surface area contributed by atoms with Gasteiger partial charge in [-0.05, 0) is 11.6 Å². The third kappa shape index (κ3) is 4.79. The maximum Gasteiger partial charge on any atom is 0.147 e. The van der Waals surface area contributed by atoms with Crippen molar-refractivity contribution in [3.8, 4) is 0 Å². The zero-order valence-electron chi connectivity index (χ0n) is 9.92. The van der Waals surface area contributed by atoms with Crippen LogP contribution < -0.4 is 0 Å². The van der Waals surface area contributed by atoms with Crippen molar-refractivity contribution in [1.82, 2.24) is 0 Å². The number of carbonyl (C=O) groups excluding carboxylic acids is 1. The van der Waals surface area contributed by atoms with Crippen LogP contribution in [0.1, 0.15) is 26.3 Å². The molecule has 88 valence electrons. The fraction of sp³-hybridized carbons (Fsp3) is 0.462. The van der Waals surface area contributed by atoms with E-state index in [1.807, 2.05) is 0 Å². The summed E-state index contributed by atoms with van der Waals surface area (Å²) in [6.07, 6.45) is 0.190. The number of hydrogen-bond acceptors (Lipinski definition) is 2. The van der Waals surface area contributed by atoms with E-state index in [0.29, 0.717) is 11.3 Å². The van der Waals surface area contributed by atoms with E-state index in [4.69, 9.17) is 0 Å². The maximum absolute atomic E-state index is 13.3. The van der Waals surface area contributed by atoms with Gasteiger partial charge in [0.25, 0.3) is 0 Å². The predicted molar refractivity (Wildman–Crippen MR) is 67.3 cm³/mol. The van der Waals surface area contributed by atoms with Crippen LogP contribution in [0.5, 0.6) is 0 Å². The molecule has 0 fully saturated rings. The highest BCUT2D eigenvalue weighted by atomic mass is 32.2. The van der Waals surface area contributed by atoms with Crippen molar-refractivity contribution in [2.24, 2.45) is 0 Å². The van der Waals surface area contributed by atoms with Crippen molar-refractivity contribution in [2.75, 3.05) is 5.75 Å². The van der Waals surface area contributed by atoms with Crippen molar-refractivity contribution < 1.29 is 9.18 Å². The number of Topliss-reactive ketones (excluding diaryl/α,β-unsaturated/α-hetero) is 1. The SMILES string of the molecule is CC(C)(C)SCC(=O)Cc1ccccc1F. The molecule has 1 aromatic rings. The number of halogens is 1. The first-order chi connectivity index (χ1) is 7.38. The smallest absolute Gasteiger partial charge is 0.147 e. The Hall–Kier alpha value is -0.830. The van der Waals surface area contributed by atoms with E-state index in [2.05, 4.69) is 20.8 Å². The summed E-state index contributed by atoms with van der Waals surface area (Å²) < 4.78 is 13.3. The van der Waals surface area contributed by atoms with Crippen molar-refractivity contribution in [3.63, 3.8) is 0 Å². The molecule has 0 aliphatic carbocycles. The monoisotopic (exact) mass is 240 g/mol. The quantitative estimate of drug-likeness (QED) is 0.801. The molecule has 0 aliphatic heterocycles. The molecule has 0 saturated heterocycles. The lowest BCUT2D eigenvalue weighted by Gasteiger charge is -2.16. The lowest BCUT2D eigenvalue weighted by atomic mass is 10.1. The van der Waals surface area contributed by atoms with Crippen LogP contribution in [0.15, 0.2) is 24.3 Å². The van der Waals surface area contributed by atoms with Gasteiger partial charge in [0.15, 0.2) is 0 Å². The molecule has 0 amide bonds. The van der Waals surface area contributed by atoms with E-state index < -0.39 is 0 Å². The van der Waals surface area contributed by atoms with E-state index in [1.165, 1.54) is 6.07 Å². The Morgan fingerprint density at radius 3 is 2.50 bits per heavy atom. The van der Waals surface area contributed by atoms with Gasteiger partial charge in [0.2, 0.25) is 0 Å². The van der Waals surface area contributed by atoms with Gasteiger partial charge in [-0.3, -0.25) is 4.79 Å². The highest BCUT2D eigenvalue weighted by molar-refractivity contribution is 8.01. The Morgan fingerprint density at radius 2 is 1.94 bits per heavy atom. The zero-order chi connectivity index (χ0) is 12.2. The summed E-state index contributed by atoms with van der Waals surface area (Å²) in [5, 5.41) is 0. The topological polar surface area (TPSA) is 17.1 Å². The van der Waals surface area contributed by atoms with Crippen LogP contribution in [0.2, 0.25) is 0 Å². The summed E-state index contributed by atoms with van der Waals surface area (Å²) in [5.74, 6) is 0.222. The van der Waals surface area contributed by atoms with Gasteiger partial charge >= 0.3 is 0 Å². The molecule has 0 atom stereocenters. The van der Waals surface area contributed by atoms with Crippen LogP contribution in [-0.4, -0.2) is 16.3 Å². The van der Waals surface area contributed by atoms with E-state index in [-0.39, 0.29) is 22.8 Å². The lowest BCUT2D eigenvalue weighted by molar-refractivity contribution is -0.116. The molecule has 1 rings (SSSR count). The molecule has 1 aromatic carbocycles. The summed E-state index contributed by atoms with van der Waals surface area (Å²) in [6.45, 7) is 6.19. The van der Waals surface area contributed by atoms with Gasteiger partial charge in [-0.25, -0.2) is 4.39 Å². The van der Waals surface area contributed by atoms with Gasteiger partial charge < -0.3 is 0 Å². The normalized spacial score (nSPS) is 11.5. The number of benzene rings is 1. The summed E-state index contributed by atoms with van der Waals surface area (Å²) in [4.78, 5) is 11.6. The minimum Gasteiger partial charge on any atom is -0.298 e. The average Bonchev–Trinajstić information content (AvgIpc) is 2.18. The number of rotatable bonds is 4. The minimum absolute atomic E-state index is 0.0741. The molecule has 0 N–H and O–H groups in total. The highest BCUT2D eigenvalue weighted by Crippen LogP contribution is 2.23. The molecule has 0 aromatic heterocycles. The second-order valence-electron chi connectivity index (χ2n) is 4.71. The van der Waals surface area contributed by atoms with Crippen LogP contribution in [0.4, 0.5) is 4.39 Å². The van der Waals surface area contributed by atoms with Gasteiger partial charge in [-0.15, -0.1) is 11.8 Å². The van der Waals surface area contributed by atoms with Crippen molar-refractivity contribution >= 4 is 17.5 Å². The molecule has 1 nitrogen and oxygen atoms in total. The van der Waals surface area contributed by atoms with Crippen LogP contribution in [0.3, 0.4) is 0 Å². The fourth-order valence-electron chi connectivity index (χ4n) is 1.20. The number of hydrogen-bond donors (Lipinski definition) is 0. The van der Waals surface area contributed by atoms with E-state index in [1.54, 1.807) is 30.0 Å². The van der Waals surface area contributed by atoms with E-state index >= 15 is 0 Å². The molecule has 0 aliphatic rings. The van der Waals surface area contributed by atoms with Gasteiger partial charge in [0.05, 0.1) is 5.75 Å². The lowest BCUT2D eigenvalue weighted by Crippen LogP contribution is -2.14. The van der Waals surface area contributed by atoms with Gasteiger partial charge in [0, 0.05) is 11.2 Å². The van der Waals surface area contributed by atoms with Gasteiger partial charge in [-0.2, -0.15) is 0 Å². The second-order valence-corrected chi connectivity index (χ2v) is 6.51. The number of ketones is 1. The Morgan fingerprint density at radius 1 is 1.31 bits per heavy atom. The molecule has 0 bridgehead atoms. The summed E-state index contributed by atoms with van der Waals surface area (Å²) in [7, 11) is 0. The van der Waals surface area contributed by atoms with Gasteiger partial charge in [-0.1, -0.05) is 39.0 Å². The Balaban J connectivity index is 2.50. The molecular weight excluding hydrogens is 223 g/mol. The van der Waals surface area contributed by atoms with Crippen molar-refractivity contribution in [1.29, 1.82) is 0 Å². The Kier molecular flexibility index (Phi) is 4.54. The first-order valence-corrected chi connectivity index (χ1v) is 6.26. The van der Waals surface area contributed by atoms with E-state index in [0.717, 1.165) is 0 Å². The van der Waals surface area contributed by atoms with Crippen molar-refractivity contribution in [3.05, 3.63) is 35.6 Å². The first kappa shape index (κ1) is 13.2.